The fourth-order valence-corrected chi connectivity index (χ4v) is 2.27. The molecule has 0 aromatic heterocycles. The topological polar surface area (TPSA) is 46.1 Å². The number of aliphatic imine (C=N–C) groups is 1. The molecule has 1 unspecified atom stereocenters. The van der Waals surface area contributed by atoms with Crippen LogP contribution in [0.25, 0.3) is 0 Å². The number of benzene rings is 1. The first-order valence-corrected chi connectivity index (χ1v) is 8.50. The van der Waals surface area contributed by atoms with Gasteiger partial charge in [0, 0.05) is 44.1 Å². The van der Waals surface area contributed by atoms with E-state index in [-0.39, 0.29) is 24.0 Å². The standard InChI is InChI=1S/C16H27N3O2S.HI/c1-12(22-6)10-18-16(17-2)19(3)11-13-7-8-14(20-4)9-15(13)21-5;/h7-9,12H,10-11H2,1-6H3,(H,17,18);1H. The third-order valence-corrected chi connectivity index (χ3v) is 4.40. The van der Waals surface area contributed by atoms with Crippen molar-refractivity contribution in [2.75, 3.05) is 41.1 Å². The quantitative estimate of drug-likeness (QED) is 0.391. The normalized spacial score (nSPS) is 12.2. The summed E-state index contributed by atoms with van der Waals surface area (Å²) in [5.41, 5.74) is 1.09. The maximum atomic E-state index is 5.45. The summed E-state index contributed by atoms with van der Waals surface area (Å²) in [6, 6.07) is 5.86. The van der Waals surface area contributed by atoms with E-state index in [1.165, 1.54) is 0 Å². The van der Waals surface area contributed by atoms with Crippen LogP contribution in [0.4, 0.5) is 0 Å². The largest absolute Gasteiger partial charge is 0.497 e. The molecule has 0 saturated carbocycles. The highest BCUT2D eigenvalue weighted by molar-refractivity contribution is 14.0. The molecular weight excluding hydrogens is 425 g/mol. The van der Waals surface area contributed by atoms with E-state index < -0.39 is 0 Å². The van der Waals surface area contributed by atoms with Gasteiger partial charge in [0.2, 0.25) is 0 Å². The van der Waals surface area contributed by atoms with Crippen molar-refractivity contribution in [1.82, 2.24) is 10.2 Å². The van der Waals surface area contributed by atoms with Crippen LogP contribution in [0.15, 0.2) is 23.2 Å². The van der Waals surface area contributed by atoms with Gasteiger partial charge >= 0.3 is 0 Å². The second-order valence-corrected chi connectivity index (χ2v) is 6.28. The lowest BCUT2D eigenvalue weighted by Crippen LogP contribution is -2.40. The molecule has 1 rings (SSSR count). The first-order valence-electron chi connectivity index (χ1n) is 7.21. The van der Waals surface area contributed by atoms with E-state index in [0.717, 1.165) is 29.6 Å². The molecule has 0 aliphatic carbocycles. The lowest BCUT2D eigenvalue weighted by atomic mass is 10.2. The minimum atomic E-state index is 0. The monoisotopic (exact) mass is 453 g/mol. The van der Waals surface area contributed by atoms with Crippen LogP contribution in [0.3, 0.4) is 0 Å². The predicted molar refractivity (Wildman–Crippen MR) is 111 cm³/mol. The van der Waals surface area contributed by atoms with Crippen molar-refractivity contribution in [2.45, 2.75) is 18.7 Å². The summed E-state index contributed by atoms with van der Waals surface area (Å²) in [5, 5.41) is 3.93. The van der Waals surface area contributed by atoms with Gasteiger partial charge in [-0.3, -0.25) is 4.99 Å². The first kappa shape index (κ1) is 22.2. The Kier molecular flexibility index (Phi) is 11.2. The molecule has 0 aliphatic rings. The second-order valence-electron chi connectivity index (χ2n) is 5.01. The molecule has 23 heavy (non-hydrogen) atoms. The molecule has 7 heteroatoms. The number of guanidine groups is 1. The average molecular weight is 453 g/mol. The van der Waals surface area contributed by atoms with Crippen molar-refractivity contribution in [1.29, 1.82) is 0 Å². The maximum absolute atomic E-state index is 5.45. The molecule has 5 nitrogen and oxygen atoms in total. The highest BCUT2D eigenvalue weighted by Gasteiger charge is 2.12. The highest BCUT2D eigenvalue weighted by atomic mass is 127. The molecule has 0 aliphatic heterocycles. The minimum absolute atomic E-state index is 0. The number of methoxy groups -OCH3 is 2. The molecule has 0 spiro atoms. The zero-order valence-electron chi connectivity index (χ0n) is 14.8. The summed E-state index contributed by atoms with van der Waals surface area (Å²) in [5.74, 6) is 2.48. The summed E-state index contributed by atoms with van der Waals surface area (Å²) in [6.45, 7) is 3.79. The van der Waals surface area contributed by atoms with Gasteiger partial charge in [-0.2, -0.15) is 11.8 Å². The number of hydrogen-bond donors (Lipinski definition) is 1. The minimum Gasteiger partial charge on any atom is -0.497 e. The first-order chi connectivity index (χ1) is 10.5. The molecule has 0 fully saturated rings. The molecular formula is C16H28IN3O2S. The Morgan fingerprint density at radius 2 is 2.04 bits per heavy atom. The molecule has 1 N–H and O–H groups in total. The van der Waals surface area contributed by atoms with Gasteiger partial charge in [0.1, 0.15) is 11.5 Å². The maximum Gasteiger partial charge on any atom is 0.193 e. The summed E-state index contributed by atoms with van der Waals surface area (Å²) in [7, 11) is 7.14. The van der Waals surface area contributed by atoms with E-state index in [4.69, 9.17) is 9.47 Å². The summed E-state index contributed by atoms with van der Waals surface area (Å²) < 4.78 is 10.7. The van der Waals surface area contributed by atoms with Crippen LogP contribution in [0.2, 0.25) is 0 Å². The molecule has 132 valence electrons. The molecule has 0 saturated heterocycles. The highest BCUT2D eigenvalue weighted by Crippen LogP contribution is 2.25. The third-order valence-electron chi connectivity index (χ3n) is 3.43. The lowest BCUT2D eigenvalue weighted by Gasteiger charge is -2.24. The van der Waals surface area contributed by atoms with Crippen LogP contribution in [-0.2, 0) is 6.54 Å². The van der Waals surface area contributed by atoms with Crippen LogP contribution in [0.5, 0.6) is 11.5 Å². The summed E-state index contributed by atoms with van der Waals surface area (Å²) >= 11 is 1.83. The number of ether oxygens (including phenoxy) is 2. The Morgan fingerprint density at radius 1 is 1.35 bits per heavy atom. The Morgan fingerprint density at radius 3 is 2.57 bits per heavy atom. The van der Waals surface area contributed by atoms with Gasteiger partial charge in [-0.25, -0.2) is 0 Å². The fourth-order valence-electron chi connectivity index (χ4n) is 2.02. The molecule has 0 bridgehead atoms. The van der Waals surface area contributed by atoms with Crippen LogP contribution in [0, 0.1) is 0 Å². The number of halogens is 1. The van der Waals surface area contributed by atoms with Gasteiger partial charge in [-0.1, -0.05) is 6.92 Å². The Bertz CT molecular complexity index is 500. The van der Waals surface area contributed by atoms with E-state index in [9.17, 15) is 0 Å². The third kappa shape index (κ3) is 7.07. The Labute approximate surface area is 161 Å². The van der Waals surface area contributed by atoms with Crippen molar-refractivity contribution in [2.24, 2.45) is 4.99 Å². The van der Waals surface area contributed by atoms with E-state index in [0.29, 0.717) is 11.8 Å². The van der Waals surface area contributed by atoms with Crippen LogP contribution < -0.4 is 14.8 Å². The molecule has 1 atom stereocenters. The molecule has 0 radical (unpaired) electrons. The van der Waals surface area contributed by atoms with Gasteiger partial charge in [0.25, 0.3) is 0 Å². The predicted octanol–water partition coefficient (Wildman–Crippen LogP) is 3.08. The van der Waals surface area contributed by atoms with Crippen molar-refractivity contribution in [3.63, 3.8) is 0 Å². The Balaban J connectivity index is 0.00000484. The molecule has 1 aromatic carbocycles. The lowest BCUT2D eigenvalue weighted by molar-refractivity contribution is 0.382. The van der Waals surface area contributed by atoms with E-state index >= 15 is 0 Å². The van der Waals surface area contributed by atoms with Crippen LogP contribution >= 0.6 is 35.7 Å². The van der Waals surface area contributed by atoms with E-state index in [1.54, 1.807) is 21.3 Å². The molecule has 0 heterocycles. The van der Waals surface area contributed by atoms with Gasteiger partial charge in [0.15, 0.2) is 5.96 Å². The molecule has 0 amide bonds. The Hall–Kier alpha value is -0.830. The van der Waals surface area contributed by atoms with Gasteiger partial charge in [-0.15, -0.1) is 24.0 Å². The van der Waals surface area contributed by atoms with Crippen molar-refractivity contribution < 1.29 is 9.47 Å². The number of hydrogen-bond acceptors (Lipinski definition) is 4. The van der Waals surface area contributed by atoms with Crippen LogP contribution in [-0.4, -0.2) is 57.2 Å². The smallest absolute Gasteiger partial charge is 0.193 e. The fraction of sp³-hybridized carbons (Fsp3) is 0.562. The average Bonchev–Trinajstić information content (AvgIpc) is 2.55. The van der Waals surface area contributed by atoms with Gasteiger partial charge < -0.3 is 19.7 Å². The van der Waals surface area contributed by atoms with Crippen molar-refractivity contribution >= 4 is 41.7 Å². The van der Waals surface area contributed by atoms with E-state index in [2.05, 4.69) is 28.4 Å². The van der Waals surface area contributed by atoms with Crippen LogP contribution in [0.1, 0.15) is 12.5 Å². The van der Waals surface area contributed by atoms with Gasteiger partial charge in [-0.05, 0) is 18.4 Å². The second kappa shape index (κ2) is 11.7. The SMILES string of the molecule is CN=C(NCC(C)SC)N(C)Cc1ccc(OC)cc1OC.I. The zero-order valence-corrected chi connectivity index (χ0v) is 17.9. The zero-order chi connectivity index (χ0) is 16.5. The van der Waals surface area contributed by atoms with Crippen molar-refractivity contribution in [3.05, 3.63) is 23.8 Å². The van der Waals surface area contributed by atoms with E-state index in [1.807, 2.05) is 37.0 Å². The van der Waals surface area contributed by atoms with Crippen molar-refractivity contribution in [3.8, 4) is 11.5 Å². The van der Waals surface area contributed by atoms with Gasteiger partial charge in [0.05, 0.1) is 14.2 Å². The molecule has 1 aromatic rings. The summed E-state index contributed by atoms with van der Waals surface area (Å²) in [6.07, 6.45) is 2.11. The number of rotatable bonds is 7. The summed E-state index contributed by atoms with van der Waals surface area (Å²) in [4.78, 5) is 6.42. The number of nitrogens with zero attached hydrogens (tertiary/aromatic N) is 2. The number of thioether (sulfide) groups is 1. The number of nitrogens with one attached hydrogen (secondary N) is 1.